The lowest BCUT2D eigenvalue weighted by atomic mass is 10.1. The van der Waals surface area contributed by atoms with E-state index in [1.54, 1.807) is 0 Å². The molecule has 0 saturated carbocycles. The first kappa shape index (κ1) is 9.66. The Kier molecular flexibility index (Phi) is 2.50. The first-order chi connectivity index (χ1) is 7.93. The molecule has 0 aromatic heterocycles. The third-order valence-corrected chi connectivity index (χ3v) is 2.95. The van der Waals surface area contributed by atoms with Crippen LogP contribution in [-0.2, 0) is 11.2 Å². The Morgan fingerprint density at radius 1 is 1.12 bits per heavy atom. The van der Waals surface area contributed by atoms with Gasteiger partial charge in [0.05, 0.1) is 13.2 Å². The van der Waals surface area contributed by atoms with Gasteiger partial charge < -0.3 is 14.5 Å². The number of benzene rings is 1. The Morgan fingerprint density at radius 2 is 1.94 bits per heavy atom. The fourth-order valence-electron chi connectivity index (χ4n) is 2.03. The lowest BCUT2D eigenvalue weighted by Gasteiger charge is -2.30. The molecule has 3 rings (SSSR count). The molecule has 0 N–H and O–H groups in total. The highest BCUT2D eigenvalue weighted by Gasteiger charge is 2.20. The maximum Gasteiger partial charge on any atom is 0.161 e. The molecule has 0 unspecified atom stereocenters. The molecule has 1 fully saturated rings. The van der Waals surface area contributed by atoms with Crippen LogP contribution in [0.1, 0.15) is 5.56 Å². The summed E-state index contributed by atoms with van der Waals surface area (Å²) in [6.45, 7) is 3.37. The second-order valence-corrected chi connectivity index (χ2v) is 3.98. The molecule has 0 radical (unpaired) electrons. The van der Waals surface area contributed by atoms with E-state index in [9.17, 15) is 0 Å². The third-order valence-electron chi connectivity index (χ3n) is 2.95. The zero-order valence-corrected chi connectivity index (χ0v) is 9.06. The van der Waals surface area contributed by atoms with Crippen molar-refractivity contribution >= 4 is 5.84 Å². The highest BCUT2D eigenvalue weighted by Crippen LogP contribution is 2.23. The number of fused-ring (bicyclic) bond motifs is 1. The molecule has 0 atom stereocenters. The number of oxime groups is 1. The minimum absolute atomic E-state index is 0.778. The van der Waals surface area contributed by atoms with Crippen LogP contribution in [0.3, 0.4) is 0 Å². The maximum atomic E-state index is 5.39. The Morgan fingerprint density at radius 3 is 2.81 bits per heavy atom. The van der Waals surface area contributed by atoms with Gasteiger partial charge in [-0.15, -0.1) is 0 Å². The fraction of sp³-hybridized carbons (Fsp3) is 0.417. The van der Waals surface area contributed by atoms with E-state index in [1.165, 1.54) is 5.56 Å². The predicted molar refractivity (Wildman–Crippen MR) is 60.6 cm³/mol. The number of amidine groups is 1. The second kappa shape index (κ2) is 4.14. The van der Waals surface area contributed by atoms with Crippen molar-refractivity contribution in [2.75, 3.05) is 26.3 Å². The number of para-hydroxylation sites is 1. The van der Waals surface area contributed by atoms with E-state index in [0.29, 0.717) is 0 Å². The van der Waals surface area contributed by atoms with Crippen molar-refractivity contribution in [2.24, 2.45) is 5.16 Å². The highest BCUT2D eigenvalue weighted by molar-refractivity contribution is 5.85. The van der Waals surface area contributed by atoms with Gasteiger partial charge in [0.25, 0.3) is 0 Å². The lowest BCUT2D eigenvalue weighted by molar-refractivity contribution is 0.0657. The van der Waals surface area contributed by atoms with Crippen LogP contribution in [0, 0.1) is 0 Å². The van der Waals surface area contributed by atoms with Gasteiger partial charge in [-0.05, 0) is 6.07 Å². The summed E-state index contributed by atoms with van der Waals surface area (Å²) in [5.41, 5.74) is 1.21. The van der Waals surface area contributed by atoms with Gasteiger partial charge in [-0.2, -0.15) is 0 Å². The summed E-state index contributed by atoms with van der Waals surface area (Å²) >= 11 is 0. The van der Waals surface area contributed by atoms with Crippen molar-refractivity contribution in [3.05, 3.63) is 29.8 Å². The number of hydrogen-bond donors (Lipinski definition) is 0. The molecule has 4 heteroatoms. The van der Waals surface area contributed by atoms with E-state index < -0.39 is 0 Å². The predicted octanol–water partition coefficient (Wildman–Crippen LogP) is 1.27. The van der Waals surface area contributed by atoms with E-state index in [4.69, 9.17) is 9.57 Å². The smallest absolute Gasteiger partial charge is 0.161 e. The molecule has 0 aliphatic carbocycles. The largest absolute Gasteiger partial charge is 0.378 e. The SMILES string of the molecule is c1ccc2c(c1)CC(N1CCOCC1)=NO2. The highest BCUT2D eigenvalue weighted by atomic mass is 16.6. The summed E-state index contributed by atoms with van der Waals surface area (Å²) < 4.78 is 5.32. The molecule has 0 bridgehead atoms. The quantitative estimate of drug-likeness (QED) is 0.657. The van der Waals surface area contributed by atoms with Crippen LogP contribution in [0.4, 0.5) is 0 Å². The van der Waals surface area contributed by atoms with Crippen molar-refractivity contribution in [1.29, 1.82) is 0 Å². The molecule has 2 heterocycles. The summed E-state index contributed by atoms with van der Waals surface area (Å²) in [4.78, 5) is 7.63. The molecule has 1 aromatic carbocycles. The van der Waals surface area contributed by atoms with E-state index in [2.05, 4.69) is 16.1 Å². The molecule has 4 nitrogen and oxygen atoms in total. The minimum Gasteiger partial charge on any atom is -0.378 e. The Hall–Kier alpha value is -1.55. The minimum atomic E-state index is 0.778. The second-order valence-electron chi connectivity index (χ2n) is 3.98. The van der Waals surface area contributed by atoms with E-state index >= 15 is 0 Å². The Bertz CT molecular complexity index is 411. The molecule has 0 amide bonds. The normalized spacial score (nSPS) is 19.8. The number of rotatable bonds is 0. The standard InChI is InChI=1S/C12H14N2O2/c1-2-4-11-10(3-1)9-12(13-16-11)14-5-7-15-8-6-14/h1-4H,5-9H2. The van der Waals surface area contributed by atoms with Crippen molar-refractivity contribution < 1.29 is 9.57 Å². The summed E-state index contributed by atoms with van der Waals surface area (Å²) in [5, 5.41) is 4.18. The number of nitrogens with zero attached hydrogens (tertiary/aromatic N) is 2. The van der Waals surface area contributed by atoms with Crippen LogP contribution in [0.5, 0.6) is 5.75 Å². The number of ether oxygens (including phenoxy) is 1. The van der Waals surface area contributed by atoms with Crippen LogP contribution in [0.15, 0.2) is 29.4 Å². The molecule has 2 aliphatic rings. The van der Waals surface area contributed by atoms with E-state index in [1.807, 2.05) is 18.2 Å². The van der Waals surface area contributed by atoms with Crippen LogP contribution in [0.25, 0.3) is 0 Å². The van der Waals surface area contributed by atoms with E-state index in [0.717, 1.165) is 44.3 Å². The molecule has 1 saturated heterocycles. The molecular formula is C12H14N2O2. The number of hydrogen-bond acceptors (Lipinski definition) is 4. The Labute approximate surface area is 94.4 Å². The molecular weight excluding hydrogens is 204 g/mol. The third kappa shape index (κ3) is 1.76. The van der Waals surface area contributed by atoms with Crippen LogP contribution < -0.4 is 4.84 Å². The van der Waals surface area contributed by atoms with Crippen molar-refractivity contribution in [2.45, 2.75) is 6.42 Å². The van der Waals surface area contributed by atoms with Gasteiger partial charge in [0, 0.05) is 25.1 Å². The zero-order chi connectivity index (χ0) is 10.8. The van der Waals surface area contributed by atoms with Crippen LogP contribution in [0.2, 0.25) is 0 Å². The van der Waals surface area contributed by atoms with Gasteiger partial charge in [0.2, 0.25) is 0 Å². The van der Waals surface area contributed by atoms with Gasteiger partial charge in [-0.3, -0.25) is 0 Å². The molecule has 84 valence electrons. The summed E-state index contributed by atoms with van der Waals surface area (Å²) in [6.07, 6.45) is 0.857. The van der Waals surface area contributed by atoms with Crippen molar-refractivity contribution in [3.8, 4) is 5.75 Å². The van der Waals surface area contributed by atoms with Gasteiger partial charge in [-0.25, -0.2) is 0 Å². The van der Waals surface area contributed by atoms with Crippen molar-refractivity contribution in [1.82, 2.24) is 4.90 Å². The molecule has 16 heavy (non-hydrogen) atoms. The monoisotopic (exact) mass is 218 g/mol. The lowest BCUT2D eigenvalue weighted by Crippen LogP contribution is -2.42. The molecule has 0 spiro atoms. The topological polar surface area (TPSA) is 34.1 Å². The van der Waals surface area contributed by atoms with Gasteiger partial charge in [0.15, 0.2) is 5.75 Å². The maximum absolute atomic E-state index is 5.39. The average molecular weight is 218 g/mol. The first-order valence-electron chi connectivity index (χ1n) is 5.58. The molecule has 1 aromatic rings. The van der Waals surface area contributed by atoms with Crippen LogP contribution in [-0.4, -0.2) is 37.0 Å². The summed E-state index contributed by atoms with van der Waals surface area (Å²) in [6, 6.07) is 8.04. The first-order valence-corrected chi connectivity index (χ1v) is 5.58. The summed E-state index contributed by atoms with van der Waals surface area (Å²) in [5.74, 6) is 1.89. The fourth-order valence-corrected chi connectivity index (χ4v) is 2.03. The van der Waals surface area contributed by atoms with Gasteiger partial charge in [-0.1, -0.05) is 23.4 Å². The van der Waals surface area contributed by atoms with Gasteiger partial charge >= 0.3 is 0 Å². The average Bonchev–Trinajstić information content (AvgIpc) is 2.39. The van der Waals surface area contributed by atoms with Gasteiger partial charge in [0.1, 0.15) is 5.84 Å². The summed E-state index contributed by atoms with van der Waals surface area (Å²) in [7, 11) is 0. The number of morpholine rings is 1. The van der Waals surface area contributed by atoms with E-state index in [-0.39, 0.29) is 0 Å². The van der Waals surface area contributed by atoms with Crippen molar-refractivity contribution in [3.63, 3.8) is 0 Å². The Balaban J connectivity index is 1.77. The van der Waals surface area contributed by atoms with Crippen LogP contribution >= 0.6 is 0 Å². The zero-order valence-electron chi connectivity index (χ0n) is 9.06. The molecule has 2 aliphatic heterocycles.